The Morgan fingerprint density at radius 3 is 1.89 bits per heavy atom. The average Bonchev–Trinajstić information content (AvgIpc) is 3.57. The topological polar surface area (TPSA) is 69.7 Å². The van der Waals surface area contributed by atoms with Crippen molar-refractivity contribution >= 4 is 23.7 Å². The van der Waals surface area contributed by atoms with Crippen molar-refractivity contribution in [3.05, 3.63) is 54.1 Å². The van der Waals surface area contributed by atoms with Crippen LogP contribution >= 0.6 is 11.8 Å². The van der Waals surface area contributed by atoms with Crippen molar-refractivity contribution in [2.75, 3.05) is 19.0 Å². The molecule has 0 N–H and O–H groups in total. The van der Waals surface area contributed by atoms with Crippen LogP contribution in [0.2, 0.25) is 0 Å². The molecule has 1 aromatic heterocycles. The van der Waals surface area contributed by atoms with Crippen molar-refractivity contribution in [3.8, 4) is 17.2 Å². The first-order chi connectivity index (χ1) is 23.2. The zero-order valence-corrected chi connectivity index (χ0v) is 30.4. The highest BCUT2D eigenvalue weighted by Crippen LogP contribution is 2.26. The van der Waals surface area contributed by atoms with E-state index in [0.29, 0.717) is 17.7 Å². The number of rotatable bonds is 28. The second-order valence-electron chi connectivity index (χ2n) is 12.7. The van der Waals surface area contributed by atoms with Crippen LogP contribution in [0.4, 0.5) is 5.69 Å². The Labute approximate surface area is 289 Å². The zero-order valence-electron chi connectivity index (χ0n) is 29.6. The van der Waals surface area contributed by atoms with E-state index in [1.165, 1.54) is 109 Å². The third-order valence-corrected chi connectivity index (χ3v) is 9.28. The highest BCUT2D eigenvalue weighted by atomic mass is 32.2. The van der Waals surface area contributed by atoms with Gasteiger partial charge in [-0.3, -0.25) is 4.99 Å². The van der Waals surface area contributed by atoms with Crippen LogP contribution in [0, 0.1) is 0 Å². The van der Waals surface area contributed by atoms with Gasteiger partial charge in [0.05, 0.1) is 11.8 Å². The first-order valence-electron chi connectivity index (χ1n) is 18.6. The lowest BCUT2D eigenvalue weighted by atomic mass is 10.1. The van der Waals surface area contributed by atoms with Crippen molar-refractivity contribution < 1.29 is 13.9 Å². The van der Waals surface area contributed by atoms with E-state index in [1.807, 2.05) is 54.7 Å². The number of aromatic nitrogens is 2. The first kappa shape index (κ1) is 38.8. The molecule has 0 spiro atoms. The molecule has 0 aliphatic carbocycles. The molecule has 47 heavy (non-hydrogen) atoms. The lowest BCUT2D eigenvalue weighted by Crippen LogP contribution is -2.18. The third kappa shape index (κ3) is 17.9. The number of hydrogen-bond acceptors (Lipinski definition) is 7. The van der Waals surface area contributed by atoms with E-state index in [9.17, 15) is 0 Å². The largest absolute Gasteiger partial charge is 0.491 e. The molecular formula is C40H61N3O3S. The summed E-state index contributed by atoms with van der Waals surface area (Å²) in [6, 6.07) is 15.9. The number of benzene rings is 2. The number of aliphatic imine (C=N–C) groups is 1. The summed E-state index contributed by atoms with van der Waals surface area (Å²) in [6.45, 7) is 7.96. The number of unbranched alkanes of at least 4 members (excludes halogenated alkanes) is 16. The molecule has 2 aromatic carbocycles. The van der Waals surface area contributed by atoms with Crippen molar-refractivity contribution in [3.63, 3.8) is 0 Å². The fourth-order valence-electron chi connectivity index (χ4n) is 5.41. The Balaban J connectivity index is 1.27. The molecule has 7 heteroatoms. The van der Waals surface area contributed by atoms with Crippen LogP contribution in [0.3, 0.4) is 0 Å². The van der Waals surface area contributed by atoms with Crippen LogP contribution in [-0.2, 0) is 4.74 Å². The van der Waals surface area contributed by atoms with E-state index in [2.05, 4.69) is 36.0 Å². The van der Waals surface area contributed by atoms with E-state index in [4.69, 9.17) is 13.9 Å². The van der Waals surface area contributed by atoms with Crippen molar-refractivity contribution in [1.82, 2.24) is 10.2 Å². The van der Waals surface area contributed by atoms with Crippen molar-refractivity contribution in [2.45, 2.75) is 148 Å². The molecule has 0 aliphatic rings. The Hall–Kier alpha value is -2.64. The quantitative estimate of drug-likeness (QED) is 0.0437. The van der Waals surface area contributed by atoms with E-state index in [0.717, 1.165) is 41.3 Å². The minimum absolute atomic E-state index is 0.0800. The Morgan fingerprint density at radius 2 is 1.28 bits per heavy atom. The van der Waals surface area contributed by atoms with Crippen LogP contribution < -0.4 is 4.74 Å². The predicted octanol–water partition coefficient (Wildman–Crippen LogP) is 12.4. The molecule has 260 valence electrons. The Bertz CT molecular complexity index is 1200. The number of ether oxygens (including phenoxy) is 2. The summed E-state index contributed by atoms with van der Waals surface area (Å²) in [5.74, 6) is 2.41. The van der Waals surface area contributed by atoms with Gasteiger partial charge in [-0.05, 0) is 73.9 Å². The molecule has 0 saturated carbocycles. The van der Waals surface area contributed by atoms with E-state index >= 15 is 0 Å². The number of hydrogen-bond donors (Lipinski definition) is 0. The highest BCUT2D eigenvalue weighted by molar-refractivity contribution is 7.99. The highest BCUT2D eigenvalue weighted by Gasteiger charge is 2.09. The monoisotopic (exact) mass is 663 g/mol. The summed E-state index contributed by atoms with van der Waals surface area (Å²) in [6.07, 6.45) is 25.9. The maximum Gasteiger partial charge on any atom is 0.276 e. The molecule has 6 nitrogen and oxygen atoms in total. The zero-order chi connectivity index (χ0) is 33.2. The molecule has 0 aliphatic heterocycles. The minimum atomic E-state index is 0.0800. The van der Waals surface area contributed by atoms with Crippen LogP contribution in [0.25, 0.3) is 11.5 Å². The van der Waals surface area contributed by atoms with Gasteiger partial charge in [-0.2, -0.15) is 0 Å². The summed E-state index contributed by atoms with van der Waals surface area (Å²) in [5.41, 5.74) is 2.78. The lowest BCUT2D eigenvalue weighted by molar-refractivity contribution is 0.0302. The molecule has 3 rings (SSSR count). The summed E-state index contributed by atoms with van der Waals surface area (Å²) in [4.78, 5) is 4.63. The molecule has 1 atom stereocenters. The van der Waals surface area contributed by atoms with Gasteiger partial charge in [-0.15, -0.1) is 10.2 Å². The van der Waals surface area contributed by atoms with Gasteiger partial charge in [0.1, 0.15) is 12.4 Å². The molecule has 3 aromatic rings. The van der Waals surface area contributed by atoms with Gasteiger partial charge in [0.25, 0.3) is 5.22 Å². The molecule has 0 radical (unpaired) electrons. The van der Waals surface area contributed by atoms with Gasteiger partial charge in [0.2, 0.25) is 5.89 Å². The van der Waals surface area contributed by atoms with Crippen molar-refractivity contribution in [2.24, 2.45) is 4.99 Å². The molecule has 1 heterocycles. The van der Waals surface area contributed by atoms with Crippen LogP contribution in [0.15, 0.2) is 63.2 Å². The molecule has 0 fully saturated rings. The molecule has 0 unspecified atom stereocenters. The van der Waals surface area contributed by atoms with Gasteiger partial charge < -0.3 is 13.9 Å². The van der Waals surface area contributed by atoms with Crippen LogP contribution in [0.1, 0.15) is 142 Å². The SMILES string of the molecule is CCCCCCCCCCCCCCSc1nnc(-c2ccc(N=Cc3ccc(OC[C@H](C)OCCCCCCCC)cc3)cc2)o1. The predicted molar refractivity (Wildman–Crippen MR) is 200 cm³/mol. The van der Waals surface area contributed by atoms with E-state index in [-0.39, 0.29) is 6.10 Å². The summed E-state index contributed by atoms with van der Waals surface area (Å²) in [5, 5.41) is 9.15. The van der Waals surface area contributed by atoms with Crippen molar-refractivity contribution in [1.29, 1.82) is 0 Å². The van der Waals surface area contributed by atoms with Gasteiger partial charge in [0, 0.05) is 24.1 Å². The maximum atomic E-state index is 5.92. The van der Waals surface area contributed by atoms with Gasteiger partial charge >= 0.3 is 0 Å². The lowest BCUT2D eigenvalue weighted by Gasteiger charge is -2.14. The molecule has 0 saturated heterocycles. The number of nitrogens with zero attached hydrogens (tertiary/aromatic N) is 3. The fraction of sp³-hybridized carbons (Fsp3) is 0.625. The molecular weight excluding hydrogens is 603 g/mol. The Morgan fingerprint density at radius 1 is 0.702 bits per heavy atom. The van der Waals surface area contributed by atoms with Gasteiger partial charge in [-0.25, -0.2) is 0 Å². The second-order valence-corrected chi connectivity index (χ2v) is 13.8. The third-order valence-electron chi connectivity index (χ3n) is 8.37. The minimum Gasteiger partial charge on any atom is -0.491 e. The van der Waals surface area contributed by atoms with Gasteiger partial charge in [-0.1, -0.05) is 128 Å². The first-order valence-corrected chi connectivity index (χ1v) is 19.6. The molecule has 0 amide bonds. The fourth-order valence-corrected chi connectivity index (χ4v) is 6.16. The maximum absolute atomic E-state index is 5.92. The summed E-state index contributed by atoms with van der Waals surface area (Å²) >= 11 is 1.66. The van der Waals surface area contributed by atoms with E-state index < -0.39 is 0 Å². The smallest absolute Gasteiger partial charge is 0.276 e. The Kier molecular flexibility index (Phi) is 21.0. The summed E-state index contributed by atoms with van der Waals surface area (Å²) in [7, 11) is 0. The summed E-state index contributed by atoms with van der Waals surface area (Å²) < 4.78 is 17.7. The normalized spacial score (nSPS) is 12.2. The van der Waals surface area contributed by atoms with Crippen LogP contribution in [-0.4, -0.2) is 41.5 Å². The second kappa shape index (κ2) is 25.4. The van der Waals surface area contributed by atoms with Crippen LogP contribution in [0.5, 0.6) is 5.75 Å². The van der Waals surface area contributed by atoms with E-state index in [1.54, 1.807) is 11.8 Å². The standard InChI is InChI=1S/C40H61N3O3S/c1-4-6-8-10-12-13-14-15-16-17-19-21-31-47-40-43-42-39(46-40)36-24-26-37(27-25-36)41-32-35-22-28-38(29-23-35)45-33-34(3)44-30-20-18-11-9-7-5-2/h22-29,32,34H,4-21,30-31,33H2,1-3H3/t34-/m0/s1. The average molecular weight is 664 g/mol. The van der Waals surface area contributed by atoms with Gasteiger partial charge in [0.15, 0.2) is 0 Å². The molecule has 0 bridgehead atoms. The number of thioether (sulfide) groups is 1.